The van der Waals surface area contributed by atoms with Crippen LogP contribution in [0.3, 0.4) is 0 Å². The summed E-state index contributed by atoms with van der Waals surface area (Å²) < 4.78 is 10.6. The molecule has 0 aliphatic heterocycles. The van der Waals surface area contributed by atoms with Crippen LogP contribution in [-0.4, -0.2) is 18.2 Å². The maximum atomic E-state index is 11.2. The van der Waals surface area contributed by atoms with Gasteiger partial charge in [-0.25, -0.2) is 0 Å². The third-order valence-electron chi connectivity index (χ3n) is 2.99. The van der Waals surface area contributed by atoms with Crippen LogP contribution in [0.1, 0.15) is 19.4 Å². The van der Waals surface area contributed by atoms with Gasteiger partial charge in [0.2, 0.25) is 0 Å². The minimum Gasteiger partial charge on any atom is -0.493 e. The zero-order chi connectivity index (χ0) is 12.6. The van der Waals surface area contributed by atoms with Gasteiger partial charge in [0.15, 0.2) is 11.3 Å². The van der Waals surface area contributed by atoms with Crippen LogP contribution < -0.4 is 4.74 Å². The molecule has 1 heterocycles. The Balaban J connectivity index is 2.69. The van der Waals surface area contributed by atoms with Crippen LogP contribution >= 0.6 is 0 Å². The van der Waals surface area contributed by atoms with E-state index in [9.17, 15) is 9.90 Å². The highest BCUT2D eigenvalue weighted by Crippen LogP contribution is 2.36. The number of methoxy groups -OCH3 is 1. The van der Waals surface area contributed by atoms with E-state index in [1.807, 2.05) is 12.1 Å². The number of para-hydroxylation sites is 1. The van der Waals surface area contributed by atoms with E-state index < -0.39 is 11.4 Å². The Kier molecular flexibility index (Phi) is 2.58. The summed E-state index contributed by atoms with van der Waals surface area (Å²) >= 11 is 0. The predicted molar refractivity (Wildman–Crippen MR) is 63.4 cm³/mol. The summed E-state index contributed by atoms with van der Waals surface area (Å²) in [6, 6.07) is 5.43. The minimum absolute atomic E-state index is 0.583. The summed E-state index contributed by atoms with van der Waals surface area (Å²) in [5, 5.41) is 10.0. The number of furan rings is 1. The van der Waals surface area contributed by atoms with Crippen molar-refractivity contribution >= 4 is 16.9 Å². The highest BCUT2D eigenvalue weighted by atomic mass is 16.5. The van der Waals surface area contributed by atoms with E-state index in [-0.39, 0.29) is 0 Å². The van der Waals surface area contributed by atoms with E-state index >= 15 is 0 Å². The fourth-order valence-electron chi connectivity index (χ4n) is 1.79. The van der Waals surface area contributed by atoms with Crippen molar-refractivity contribution < 1.29 is 19.1 Å². The van der Waals surface area contributed by atoms with Gasteiger partial charge < -0.3 is 14.3 Å². The number of carboxylic acid groups (broad SMARTS) is 1. The third-order valence-corrected chi connectivity index (χ3v) is 2.99. The normalized spacial score (nSPS) is 11.7. The van der Waals surface area contributed by atoms with Gasteiger partial charge in [-0.2, -0.15) is 0 Å². The van der Waals surface area contributed by atoms with Gasteiger partial charge >= 0.3 is 5.97 Å². The lowest BCUT2D eigenvalue weighted by Crippen LogP contribution is -2.28. The van der Waals surface area contributed by atoms with Crippen LogP contribution in [0.15, 0.2) is 28.9 Å². The number of carboxylic acids is 1. The van der Waals surface area contributed by atoms with Crippen LogP contribution in [0.4, 0.5) is 0 Å². The van der Waals surface area contributed by atoms with Crippen molar-refractivity contribution in [2.45, 2.75) is 19.3 Å². The van der Waals surface area contributed by atoms with Crippen molar-refractivity contribution in [3.8, 4) is 5.75 Å². The summed E-state index contributed by atoms with van der Waals surface area (Å²) in [6.07, 6.45) is 1.49. The molecular formula is C13H14O4. The van der Waals surface area contributed by atoms with Crippen molar-refractivity contribution in [3.05, 3.63) is 30.0 Å². The summed E-state index contributed by atoms with van der Waals surface area (Å²) in [4.78, 5) is 11.2. The Bertz CT molecular complexity index is 566. The molecule has 0 bridgehead atoms. The van der Waals surface area contributed by atoms with Gasteiger partial charge in [0.1, 0.15) is 0 Å². The first-order valence-electron chi connectivity index (χ1n) is 5.26. The molecule has 0 spiro atoms. The fraction of sp³-hybridized carbons (Fsp3) is 0.308. The topological polar surface area (TPSA) is 59.7 Å². The van der Waals surface area contributed by atoms with Gasteiger partial charge in [-0.15, -0.1) is 0 Å². The minimum atomic E-state index is -0.988. The molecule has 1 N–H and O–H groups in total. The number of aliphatic carboxylic acids is 1. The molecule has 17 heavy (non-hydrogen) atoms. The van der Waals surface area contributed by atoms with Gasteiger partial charge in [0.25, 0.3) is 0 Å². The van der Waals surface area contributed by atoms with Crippen LogP contribution in [-0.2, 0) is 10.2 Å². The molecule has 90 valence electrons. The maximum Gasteiger partial charge on any atom is 0.313 e. The molecule has 0 fully saturated rings. The molecule has 4 heteroatoms. The average molecular weight is 234 g/mol. The lowest BCUT2D eigenvalue weighted by atomic mass is 9.84. The molecule has 0 atom stereocenters. The number of hydrogen-bond donors (Lipinski definition) is 1. The van der Waals surface area contributed by atoms with Gasteiger partial charge in [-0.1, -0.05) is 12.1 Å². The van der Waals surface area contributed by atoms with Crippen molar-refractivity contribution in [2.75, 3.05) is 7.11 Å². The maximum absolute atomic E-state index is 11.2. The highest BCUT2D eigenvalue weighted by molar-refractivity contribution is 5.92. The van der Waals surface area contributed by atoms with Crippen LogP contribution in [0.25, 0.3) is 11.0 Å². The first-order valence-corrected chi connectivity index (χ1v) is 5.26. The Hall–Kier alpha value is -1.97. The second-order valence-corrected chi connectivity index (χ2v) is 4.42. The number of carbonyl (C=O) groups is 1. The Morgan fingerprint density at radius 3 is 2.71 bits per heavy atom. The van der Waals surface area contributed by atoms with Crippen molar-refractivity contribution in [2.24, 2.45) is 0 Å². The van der Waals surface area contributed by atoms with Gasteiger partial charge in [-0.05, 0) is 19.9 Å². The number of rotatable bonds is 3. The molecule has 0 saturated carbocycles. The van der Waals surface area contributed by atoms with Gasteiger partial charge in [0, 0.05) is 10.9 Å². The smallest absolute Gasteiger partial charge is 0.313 e. The van der Waals surface area contributed by atoms with Crippen molar-refractivity contribution in [3.63, 3.8) is 0 Å². The summed E-state index contributed by atoms with van der Waals surface area (Å²) in [5.74, 6) is -0.280. The molecule has 0 aliphatic carbocycles. The molecule has 4 nitrogen and oxygen atoms in total. The molecular weight excluding hydrogens is 220 g/mol. The quantitative estimate of drug-likeness (QED) is 0.887. The lowest BCUT2D eigenvalue weighted by molar-refractivity contribution is -0.142. The summed E-state index contributed by atoms with van der Waals surface area (Å²) in [7, 11) is 1.55. The average Bonchev–Trinajstić information content (AvgIpc) is 2.72. The fourth-order valence-corrected chi connectivity index (χ4v) is 1.79. The van der Waals surface area contributed by atoms with E-state index in [4.69, 9.17) is 9.15 Å². The molecule has 0 radical (unpaired) electrons. The number of benzene rings is 1. The Morgan fingerprint density at radius 1 is 1.41 bits per heavy atom. The third kappa shape index (κ3) is 1.65. The second-order valence-electron chi connectivity index (χ2n) is 4.42. The largest absolute Gasteiger partial charge is 0.493 e. The van der Waals surface area contributed by atoms with Crippen LogP contribution in [0.2, 0.25) is 0 Å². The van der Waals surface area contributed by atoms with Crippen LogP contribution in [0, 0.1) is 0 Å². The molecule has 2 aromatic rings. The van der Waals surface area contributed by atoms with E-state index in [1.54, 1.807) is 27.0 Å². The van der Waals surface area contributed by atoms with Gasteiger partial charge in [0.05, 0.1) is 18.8 Å². The zero-order valence-corrected chi connectivity index (χ0v) is 9.98. The Labute approximate surface area is 98.8 Å². The lowest BCUT2D eigenvalue weighted by Gasteiger charge is -2.17. The van der Waals surface area contributed by atoms with Crippen LogP contribution in [0.5, 0.6) is 5.75 Å². The number of hydrogen-bond acceptors (Lipinski definition) is 3. The molecule has 0 saturated heterocycles. The number of fused-ring (bicyclic) bond motifs is 1. The first kappa shape index (κ1) is 11.5. The number of ether oxygens (including phenoxy) is 1. The summed E-state index contributed by atoms with van der Waals surface area (Å²) in [5.41, 5.74) is 0.246. The monoisotopic (exact) mass is 234 g/mol. The first-order chi connectivity index (χ1) is 7.98. The van der Waals surface area contributed by atoms with E-state index in [2.05, 4.69) is 0 Å². The standard InChI is InChI=1S/C13H14O4/c1-13(2,12(14)15)9-7-17-11-8(9)5-4-6-10(11)16-3/h4-7H,1-3H3,(H,14,15). The zero-order valence-electron chi connectivity index (χ0n) is 9.98. The van der Waals surface area contributed by atoms with Gasteiger partial charge in [-0.3, -0.25) is 4.79 Å². The van der Waals surface area contributed by atoms with E-state index in [1.165, 1.54) is 6.26 Å². The molecule has 1 aromatic heterocycles. The molecule has 2 rings (SSSR count). The predicted octanol–water partition coefficient (Wildman–Crippen LogP) is 2.80. The molecule has 1 aromatic carbocycles. The highest BCUT2D eigenvalue weighted by Gasteiger charge is 2.33. The van der Waals surface area contributed by atoms with Crippen molar-refractivity contribution in [1.29, 1.82) is 0 Å². The molecule has 0 amide bonds. The summed E-state index contributed by atoms with van der Waals surface area (Å²) in [6.45, 7) is 3.30. The Morgan fingerprint density at radius 2 is 2.12 bits per heavy atom. The molecule has 0 unspecified atom stereocenters. The van der Waals surface area contributed by atoms with E-state index in [0.717, 1.165) is 5.39 Å². The van der Waals surface area contributed by atoms with E-state index in [0.29, 0.717) is 16.9 Å². The SMILES string of the molecule is COc1cccc2c(C(C)(C)C(=O)O)coc12. The second kappa shape index (κ2) is 3.80. The molecule has 0 aliphatic rings. The van der Waals surface area contributed by atoms with Crippen molar-refractivity contribution in [1.82, 2.24) is 0 Å².